The SMILES string of the molecule is Cn1cc(-c2cnc(C#N)c(=S)[nH]2)cn1. The van der Waals surface area contributed by atoms with Crippen LogP contribution in [0.1, 0.15) is 5.69 Å². The average Bonchev–Trinajstić information content (AvgIpc) is 2.65. The quantitative estimate of drug-likeness (QED) is 0.733. The number of rotatable bonds is 1. The first kappa shape index (κ1) is 9.55. The maximum absolute atomic E-state index is 8.67. The molecule has 0 aliphatic carbocycles. The van der Waals surface area contributed by atoms with E-state index in [-0.39, 0.29) is 5.69 Å². The minimum atomic E-state index is 0.234. The average molecular weight is 217 g/mol. The zero-order valence-electron chi connectivity index (χ0n) is 7.93. The van der Waals surface area contributed by atoms with Gasteiger partial charge in [0.2, 0.25) is 0 Å². The lowest BCUT2D eigenvalue weighted by Crippen LogP contribution is -1.90. The Bertz CT molecular complexity index is 589. The summed E-state index contributed by atoms with van der Waals surface area (Å²) in [5, 5.41) is 12.7. The van der Waals surface area contributed by atoms with Crippen molar-refractivity contribution in [3.8, 4) is 17.3 Å². The Balaban J connectivity index is 2.53. The smallest absolute Gasteiger partial charge is 0.175 e. The highest BCUT2D eigenvalue weighted by Crippen LogP contribution is 2.14. The summed E-state index contributed by atoms with van der Waals surface area (Å²) in [6.07, 6.45) is 5.12. The van der Waals surface area contributed by atoms with Gasteiger partial charge in [-0.15, -0.1) is 0 Å². The molecule has 0 radical (unpaired) electrons. The molecule has 6 heteroatoms. The third-order valence-electron chi connectivity index (χ3n) is 1.91. The molecule has 15 heavy (non-hydrogen) atoms. The molecule has 0 atom stereocenters. The Hall–Kier alpha value is -2.00. The van der Waals surface area contributed by atoms with Crippen LogP contribution in [0.2, 0.25) is 0 Å². The number of nitrogens with zero attached hydrogens (tertiary/aromatic N) is 4. The topological polar surface area (TPSA) is 70.3 Å². The zero-order chi connectivity index (χ0) is 10.8. The van der Waals surface area contributed by atoms with Gasteiger partial charge in [-0.2, -0.15) is 10.4 Å². The van der Waals surface area contributed by atoms with E-state index in [0.717, 1.165) is 11.3 Å². The van der Waals surface area contributed by atoms with Crippen molar-refractivity contribution >= 4 is 12.2 Å². The molecule has 0 unspecified atom stereocenters. The molecule has 0 saturated heterocycles. The van der Waals surface area contributed by atoms with E-state index in [4.69, 9.17) is 17.5 Å². The maximum atomic E-state index is 8.67. The van der Waals surface area contributed by atoms with Gasteiger partial charge in [-0.25, -0.2) is 4.98 Å². The van der Waals surface area contributed by atoms with E-state index < -0.39 is 0 Å². The van der Waals surface area contributed by atoms with Crippen molar-refractivity contribution in [3.05, 3.63) is 28.9 Å². The fourth-order valence-electron chi connectivity index (χ4n) is 1.19. The Kier molecular flexibility index (Phi) is 2.31. The molecule has 0 spiro atoms. The largest absolute Gasteiger partial charge is 0.342 e. The van der Waals surface area contributed by atoms with E-state index in [0.29, 0.717) is 4.64 Å². The second-order valence-electron chi connectivity index (χ2n) is 2.99. The molecular weight excluding hydrogens is 210 g/mol. The Labute approximate surface area is 91.0 Å². The van der Waals surface area contributed by atoms with Crippen molar-refractivity contribution in [1.29, 1.82) is 5.26 Å². The predicted molar refractivity (Wildman–Crippen MR) is 56.3 cm³/mol. The number of hydrogen-bond acceptors (Lipinski definition) is 4. The van der Waals surface area contributed by atoms with Crippen molar-refractivity contribution in [2.24, 2.45) is 7.05 Å². The number of nitriles is 1. The first-order valence-corrected chi connectivity index (χ1v) is 4.60. The van der Waals surface area contributed by atoms with Crippen LogP contribution in [0, 0.1) is 16.0 Å². The molecule has 0 aromatic carbocycles. The second-order valence-corrected chi connectivity index (χ2v) is 3.40. The van der Waals surface area contributed by atoms with Crippen LogP contribution in [0.15, 0.2) is 18.6 Å². The van der Waals surface area contributed by atoms with Gasteiger partial charge in [-0.3, -0.25) is 4.68 Å². The summed E-state index contributed by atoms with van der Waals surface area (Å²) in [5.74, 6) is 0. The molecule has 0 amide bonds. The number of H-pyrrole nitrogens is 1. The van der Waals surface area contributed by atoms with Gasteiger partial charge in [-0.1, -0.05) is 12.2 Å². The Morgan fingerprint density at radius 3 is 2.87 bits per heavy atom. The summed E-state index contributed by atoms with van der Waals surface area (Å²) in [5.41, 5.74) is 1.88. The molecule has 0 saturated carbocycles. The number of aromatic nitrogens is 4. The van der Waals surface area contributed by atoms with Gasteiger partial charge in [0.25, 0.3) is 0 Å². The summed E-state index contributed by atoms with van der Waals surface area (Å²) in [6.45, 7) is 0. The summed E-state index contributed by atoms with van der Waals surface area (Å²) in [4.78, 5) is 6.88. The third-order valence-corrected chi connectivity index (χ3v) is 2.20. The first-order valence-electron chi connectivity index (χ1n) is 4.19. The fraction of sp³-hybridized carbons (Fsp3) is 0.111. The van der Waals surface area contributed by atoms with Crippen LogP contribution < -0.4 is 0 Å². The van der Waals surface area contributed by atoms with Gasteiger partial charge < -0.3 is 4.98 Å². The molecule has 0 aliphatic heterocycles. The van der Waals surface area contributed by atoms with E-state index in [9.17, 15) is 0 Å². The number of hydrogen-bond donors (Lipinski definition) is 1. The zero-order valence-corrected chi connectivity index (χ0v) is 8.75. The van der Waals surface area contributed by atoms with Crippen LogP contribution in [0.4, 0.5) is 0 Å². The minimum Gasteiger partial charge on any atom is -0.342 e. The molecule has 0 bridgehead atoms. The molecule has 2 aromatic heterocycles. The minimum absolute atomic E-state index is 0.234. The van der Waals surface area contributed by atoms with E-state index >= 15 is 0 Å². The monoisotopic (exact) mass is 217 g/mol. The highest BCUT2D eigenvalue weighted by atomic mass is 32.1. The van der Waals surface area contributed by atoms with Gasteiger partial charge >= 0.3 is 0 Å². The summed E-state index contributed by atoms with van der Waals surface area (Å²) >= 11 is 4.98. The summed E-state index contributed by atoms with van der Waals surface area (Å²) in [6, 6.07) is 1.91. The van der Waals surface area contributed by atoms with Gasteiger partial charge in [0.1, 0.15) is 10.7 Å². The normalized spacial score (nSPS) is 9.87. The Morgan fingerprint density at radius 2 is 2.33 bits per heavy atom. The number of nitrogens with one attached hydrogen (secondary N) is 1. The van der Waals surface area contributed by atoms with Crippen molar-refractivity contribution in [2.75, 3.05) is 0 Å². The predicted octanol–water partition coefficient (Wildman–Crippen LogP) is 1.41. The van der Waals surface area contributed by atoms with Gasteiger partial charge in [0, 0.05) is 18.8 Å². The lowest BCUT2D eigenvalue weighted by Gasteiger charge is -1.96. The van der Waals surface area contributed by atoms with E-state index in [2.05, 4.69) is 15.1 Å². The van der Waals surface area contributed by atoms with E-state index in [1.807, 2.05) is 19.3 Å². The lowest BCUT2D eigenvalue weighted by molar-refractivity contribution is 0.768. The van der Waals surface area contributed by atoms with Crippen LogP contribution in [0.25, 0.3) is 11.3 Å². The molecule has 0 fully saturated rings. The Morgan fingerprint density at radius 1 is 1.53 bits per heavy atom. The lowest BCUT2D eigenvalue weighted by atomic mass is 10.3. The molecule has 5 nitrogen and oxygen atoms in total. The van der Waals surface area contributed by atoms with Crippen LogP contribution in [-0.2, 0) is 7.05 Å². The number of aryl methyl sites for hydroxylation is 1. The van der Waals surface area contributed by atoms with Gasteiger partial charge in [-0.05, 0) is 0 Å². The number of aromatic amines is 1. The first-order chi connectivity index (χ1) is 7.20. The van der Waals surface area contributed by atoms with Crippen molar-refractivity contribution in [2.45, 2.75) is 0 Å². The molecule has 74 valence electrons. The van der Waals surface area contributed by atoms with Crippen molar-refractivity contribution in [1.82, 2.24) is 19.7 Å². The standard InChI is InChI=1S/C9H7N5S/c1-14-5-6(3-12-14)8-4-11-7(2-10)9(15)13-8/h3-5H,1H3,(H,13,15). The summed E-state index contributed by atoms with van der Waals surface area (Å²) in [7, 11) is 1.83. The molecule has 0 aliphatic rings. The molecule has 2 heterocycles. The molecular formula is C9H7N5S. The van der Waals surface area contributed by atoms with E-state index in [1.54, 1.807) is 17.1 Å². The highest BCUT2D eigenvalue weighted by molar-refractivity contribution is 7.71. The van der Waals surface area contributed by atoms with Crippen LogP contribution in [0.3, 0.4) is 0 Å². The molecule has 1 N–H and O–H groups in total. The third kappa shape index (κ3) is 1.78. The van der Waals surface area contributed by atoms with Gasteiger partial charge in [0.15, 0.2) is 5.69 Å². The van der Waals surface area contributed by atoms with Crippen molar-refractivity contribution < 1.29 is 0 Å². The van der Waals surface area contributed by atoms with Gasteiger partial charge in [0.05, 0.1) is 18.1 Å². The van der Waals surface area contributed by atoms with Crippen LogP contribution in [0.5, 0.6) is 0 Å². The highest BCUT2D eigenvalue weighted by Gasteiger charge is 2.03. The van der Waals surface area contributed by atoms with Crippen LogP contribution >= 0.6 is 12.2 Å². The summed E-state index contributed by atoms with van der Waals surface area (Å²) < 4.78 is 2.03. The van der Waals surface area contributed by atoms with Crippen molar-refractivity contribution in [3.63, 3.8) is 0 Å². The second kappa shape index (κ2) is 3.63. The van der Waals surface area contributed by atoms with E-state index in [1.165, 1.54) is 0 Å². The molecule has 2 aromatic rings. The molecule has 2 rings (SSSR count). The maximum Gasteiger partial charge on any atom is 0.175 e. The van der Waals surface area contributed by atoms with Crippen LogP contribution in [-0.4, -0.2) is 19.7 Å². The fourth-order valence-corrected chi connectivity index (χ4v) is 1.40.